The molecule has 1 N–H and O–H groups in total. The van der Waals surface area contributed by atoms with Gasteiger partial charge in [-0.1, -0.05) is 22.9 Å². The Hall–Kier alpha value is -2.35. The summed E-state index contributed by atoms with van der Waals surface area (Å²) in [7, 11) is 0. The molecule has 8 heteroatoms. The Balaban J connectivity index is 1.54. The number of benzene rings is 1. The lowest BCUT2D eigenvalue weighted by atomic mass is 9.85. The minimum absolute atomic E-state index is 0.0136. The maximum absolute atomic E-state index is 12.9. The molecule has 26 heavy (non-hydrogen) atoms. The molecule has 0 unspecified atom stereocenters. The van der Waals surface area contributed by atoms with Crippen LogP contribution in [0.3, 0.4) is 0 Å². The third-order valence-electron chi connectivity index (χ3n) is 5.17. The number of carbonyl (C=O) groups excluding carboxylic acids is 2. The molecule has 1 aromatic carbocycles. The Labute approximate surface area is 158 Å². The van der Waals surface area contributed by atoms with Gasteiger partial charge in [0, 0.05) is 22.0 Å². The van der Waals surface area contributed by atoms with Gasteiger partial charge in [0.1, 0.15) is 6.54 Å². The fourth-order valence-corrected chi connectivity index (χ4v) is 4.07. The van der Waals surface area contributed by atoms with E-state index in [1.165, 1.54) is 0 Å². The van der Waals surface area contributed by atoms with Crippen LogP contribution in [-0.4, -0.2) is 39.8 Å². The summed E-state index contributed by atoms with van der Waals surface area (Å²) in [5.41, 5.74) is 1.62. The van der Waals surface area contributed by atoms with Crippen molar-refractivity contribution in [2.24, 2.45) is 5.92 Å². The van der Waals surface area contributed by atoms with Gasteiger partial charge in [-0.25, -0.2) is 14.4 Å². The monoisotopic (exact) mass is 418 g/mol. The average Bonchev–Trinajstić information content (AvgIpc) is 3.25. The molecule has 6 nitrogen and oxygen atoms in total. The minimum Gasteiger partial charge on any atom is -0.328 e. The number of halogens is 2. The lowest BCUT2D eigenvalue weighted by molar-refractivity contribution is -0.117. The molecule has 134 valence electrons. The summed E-state index contributed by atoms with van der Waals surface area (Å²) < 4.78 is 13.8. The standard InChI is InChI=1S/C18H16BrFN4O2/c1-10-5-18(10)9-24(16(26)13-3-2-11(19)4-14(13)18)8-15(25)23-17-21-6-12(20)7-22-17/h2-4,6-7,10H,5,8-9H2,1H3,(H,21,22,23,25)/t10-,18-/m0/s1. The Kier molecular flexibility index (Phi) is 4.02. The second kappa shape index (κ2) is 6.12. The van der Waals surface area contributed by atoms with Crippen LogP contribution in [-0.2, 0) is 10.2 Å². The van der Waals surface area contributed by atoms with E-state index in [0.717, 1.165) is 28.9 Å². The first-order valence-electron chi connectivity index (χ1n) is 8.26. The number of anilines is 1. The molecule has 1 fully saturated rings. The molecule has 2 amide bonds. The molecule has 2 aliphatic rings. The van der Waals surface area contributed by atoms with Gasteiger partial charge >= 0.3 is 0 Å². The number of aromatic nitrogens is 2. The Morgan fingerprint density at radius 1 is 1.42 bits per heavy atom. The summed E-state index contributed by atoms with van der Waals surface area (Å²) in [4.78, 5) is 34.1. The van der Waals surface area contributed by atoms with E-state index in [4.69, 9.17) is 0 Å². The molecule has 1 spiro atoms. The first kappa shape index (κ1) is 17.1. The topological polar surface area (TPSA) is 75.2 Å². The molecule has 4 rings (SSSR count). The van der Waals surface area contributed by atoms with Gasteiger partial charge in [-0.3, -0.25) is 14.9 Å². The van der Waals surface area contributed by atoms with Crippen LogP contribution in [0.4, 0.5) is 10.3 Å². The molecule has 0 saturated heterocycles. The van der Waals surface area contributed by atoms with Crippen LogP contribution in [0.25, 0.3) is 0 Å². The molecular formula is C18H16BrFN4O2. The number of nitrogens with zero attached hydrogens (tertiary/aromatic N) is 3. The molecule has 0 bridgehead atoms. The van der Waals surface area contributed by atoms with Crippen LogP contribution in [0.5, 0.6) is 0 Å². The van der Waals surface area contributed by atoms with Crippen molar-refractivity contribution in [1.29, 1.82) is 0 Å². The smallest absolute Gasteiger partial charge is 0.254 e. The average molecular weight is 419 g/mol. The summed E-state index contributed by atoms with van der Waals surface area (Å²) in [6.45, 7) is 2.57. The second-order valence-corrected chi connectivity index (χ2v) is 7.80. The molecule has 1 aliphatic carbocycles. The van der Waals surface area contributed by atoms with Crippen molar-refractivity contribution in [2.75, 3.05) is 18.4 Å². The summed E-state index contributed by atoms with van der Waals surface area (Å²) in [5.74, 6) is -0.683. The minimum atomic E-state index is -0.582. The van der Waals surface area contributed by atoms with Gasteiger partial charge in [0.25, 0.3) is 5.91 Å². The van der Waals surface area contributed by atoms with E-state index in [2.05, 4.69) is 38.1 Å². The molecule has 2 heterocycles. The maximum Gasteiger partial charge on any atom is 0.254 e. The molecule has 2 aromatic rings. The van der Waals surface area contributed by atoms with Crippen LogP contribution < -0.4 is 5.32 Å². The number of hydrogen-bond acceptors (Lipinski definition) is 4. The Bertz CT molecular complexity index is 905. The summed E-state index contributed by atoms with van der Waals surface area (Å²) in [6.07, 6.45) is 2.94. The predicted octanol–water partition coefficient (Wildman–Crippen LogP) is 2.75. The SMILES string of the molecule is C[C@H]1C[C@]12CN(CC(=O)Nc1ncc(F)cn1)C(=O)c1ccc(Br)cc12. The molecule has 1 saturated carbocycles. The highest BCUT2D eigenvalue weighted by molar-refractivity contribution is 9.10. The summed E-state index contributed by atoms with van der Waals surface area (Å²) in [6, 6.07) is 5.66. The van der Waals surface area contributed by atoms with Crippen molar-refractivity contribution in [3.63, 3.8) is 0 Å². The van der Waals surface area contributed by atoms with Gasteiger partial charge < -0.3 is 4.90 Å². The van der Waals surface area contributed by atoms with E-state index in [1.807, 2.05) is 18.2 Å². The lowest BCUT2D eigenvalue weighted by Crippen LogP contribution is -2.47. The van der Waals surface area contributed by atoms with Gasteiger partial charge in [0.05, 0.1) is 12.4 Å². The molecule has 1 aromatic heterocycles. The van der Waals surface area contributed by atoms with Crippen molar-refractivity contribution in [3.05, 3.63) is 52.0 Å². The van der Waals surface area contributed by atoms with Gasteiger partial charge in [-0.2, -0.15) is 0 Å². The lowest BCUT2D eigenvalue weighted by Gasteiger charge is -2.35. The summed E-state index contributed by atoms with van der Waals surface area (Å²) >= 11 is 3.48. The number of hydrogen-bond donors (Lipinski definition) is 1. The van der Waals surface area contributed by atoms with Gasteiger partial charge in [0.15, 0.2) is 5.82 Å². The maximum atomic E-state index is 12.9. The second-order valence-electron chi connectivity index (χ2n) is 6.89. The van der Waals surface area contributed by atoms with Crippen LogP contribution in [0.2, 0.25) is 0 Å². The molecular weight excluding hydrogens is 403 g/mol. The number of amides is 2. The fourth-order valence-electron chi connectivity index (χ4n) is 3.71. The zero-order valence-electron chi connectivity index (χ0n) is 14.0. The van der Waals surface area contributed by atoms with E-state index in [9.17, 15) is 14.0 Å². The van der Waals surface area contributed by atoms with Gasteiger partial charge in [-0.05, 0) is 36.1 Å². The van der Waals surface area contributed by atoms with Crippen LogP contribution >= 0.6 is 15.9 Å². The van der Waals surface area contributed by atoms with E-state index in [1.54, 1.807) is 4.90 Å². The molecule has 1 aliphatic heterocycles. The Morgan fingerprint density at radius 2 is 2.12 bits per heavy atom. The Morgan fingerprint density at radius 3 is 2.77 bits per heavy atom. The highest BCUT2D eigenvalue weighted by atomic mass is 79.9. The van der Waals surface area contributed by atoms with Gasteiger partial charge in [-0.15, -0.1) is 0 Å². The normalized spacial score (nSPS) is 23.7. The third kappa shape index (κ3) is 2.88. The zero-order valence-corrected chi connectivity index (χ0v) is 15.6. The van der Waals surface area contributed by atoms with E-state index in [-0.39, 0.29) is 23.8 Å². The van der Waals surface area contributed by atoms with Crippen molar-refractivity contribution in [1.82, 2.24) is 14.9 Å². The number of rotatable bonds is 3. The number of nitrogens with one attached hydrogen (secondary N) is 1. The highest BCUT2D eigenvalue weighted by Crippen LogP contribution is 2.57. The van der Waals surface area contributed by atoms with Crippen LogP contribution in [0.15, 0.2) is 35.1 Å². The first-order valence-corrected chi connectivity index (χ1v) is 9.05. The molecule has 2 atom stereocenters. The number of carbonyl (C=O) groups is 2. The molecule has 0 radical (unpaired) electrons. The van der Waals surface area contributed by atoms with Crippen LogP contribution in [0, 0.1) is 11.7 Å². The zero-order chi connectivity index (χ0) is 18.5. The van der Waals surface area contributed by atoms with Crippen molar-refractivity contribution in [3.8, 4) is 0 Å². The fraction of sp³-hybridized carbons (Fsp3) is 0.333. The van der Waals surface area contributed by atoms with Crippen molar-refractivity contribution >= 4 is 33.7 Å². The first-order chi connectivity index (χ1) is 12.4. The van der Waals surface area contributed by atoms with E-state index in [0.29, 0.717) is 18.0 Å². The largest absolute Gasteiger partial charge is 0.328 e. The number of fused-ring (bicyclic) bond motifs is 2. The van der Waals surface area contributed by atoms with Gasteiger partial charge in [0.2, 0.25) is 11.9 Å². The summed E-state index contributed by atoms with van der Waals surface area (Å²) in [5, 5.41) is 2.50. The van der Waals surface area contributed by atoms with Crippen molar-refractivity contribution < 1.29 is 14.0 Å². The van der Waals surface area contributed by atoms with E-state index >= 15 is 0 Å². The van der Waals surface area contributed by atoms with Crippen LogP contribution in [0.1, 0.15) is 29.3 Å². The van der Waals surface area contributed by atoms with Crippen molar-refractivity contribution in [2.45, 2.75) is 18.8 Å². The van der Waals surface area contributed by atoms with E-state index < -0.39 is 11.7 Å². The third-order valence-corrected chi connectivity index (χ3v) is 5.66. The predicted molar refractivity (Wildman–Crippen MR) is 96.1 cm³/mol. The highest BCUT2D eigenvalue weighted by Gasteiger charge is 2.57. The quantitative estimate of drug-likeness (QED) is 0.831.